The molecule has 1 aromatic heterocycles. The lowest BCUT2D eigenvalue weighted by molar-refractivity contribution is -0.136. The molecular formula is C20H21N3O6. The van der Waals surface area contributed by atoms with Crippen LogP contribution in [0.25, 0.3) is 0 Å². The molecule has 0 saturated heterocycles. The highest BCUT2D eigenvalue weighted by molar-refractivity contribution is 5.96. The van der Waals surface area contributed by atoms with Crippen molar-refractivity contribution in [3.63, 3.8) is 0 Å². The van der Waals surface area contributed by atoms with Crippen LogP contribution in [0.2, 0.25) is 0 Å². The Morgan fingerprint density at radius 3 is 2.62 bits per heavy atom. The van der Waals surface area contributed by atoms with Crippen LogP contribution in [0.4, 0.5) is 5.82 Å². The molecule has 1 N–H and O–H groups in total. The Labute approximate surface area is 166 Å². The first-order chi connectivity index (χ1) is 13.9. The molecule has 0 spiro atoms. The normalized spacial score (nSPS) is 17.4. The number of methoxy groups -OCH3 is 1. The summed E-state index contributed by atoms with van der Waals surface area (Å²) in [7, 11) is 4.51. The molecule has 1 atom stereocenters. The summed E-state index contributed by atoms with van der Waals surface area (Å²) in [6, 6.07) is 5.27. The number of cyclic esters (lactones) is 1. The fourth-order valence-corrected chi connectivity index (χ4v) is 3.85. The SMILES string of the molecule is CCOc1ccc(C2C3=C(COC3=O)Nc3c2c(=O)n(C)c(=O)n3C)cc1OC. The summed E-state index contributed by atoms with van der Waals surface area (Å²) >= 11 is 0. The topological polar surface area (TPSA) is 101 Å². The van der Waals surface area contributed by atoms with Crippen molar-refractivity contribution in [1.82, 2.24) is 9.13 Å². The predicted octanol–water partition coefficient (Wildman–Crippen LogP) is 0.860. The summed E-state index contributed by atoms with van der Waals surface area (Å²) in [4.78, 5) is 38.0. The van der Waals surface area contributed by atoms with Gasteiger partial charge in [0.05, 0.1) is 36.5 Å². The molecule has 0 fully saturated rings. The zero-order valence-electron chi connectivity index (χ0n) is 16.6. The van der Waals surface area contributed by atoms with E-state index >= 15 is 0 Å². The van der Waals surface area contributed by atoms with Crippen LogP contribution in [0.15, 0.2) is 39.1 Å². The van der Waals surface area contributed by atoms with Crippen molar-refractivity contribution < 1.29 is 19.0 Å². The van der Waals surface area contributed by atoms with Crippen LogP contribution in [0, 0.1) is 0 Å². The molecule has 9 nitrogen and oxygen atoms in total. The number of hydrogen-bond donors (Lipinski definition) is 1. The number of ether oxygens (including phenoxy) is 3. The smallest absolute Gasteiger partial charge is 0.337 e. The standard InChI is InChI=1S/C20H21N3O6/c1-5-28-12-7-6-10(8-13(12)27-4)14-15-11(9-29-19(15)25)21-17-16(14)18(24)23(3)20(26)22(17)2/h6-8,14,21H,5,9H2,1-4H3. The summed E-state index contributed by atoms with van der Waals surface area (Å²) in [6.07, 6.45) is 0. The summed E-state index contributed by atoms with van der Waals surface area (Å²) in [6.45, 7) is 2.39. The quantitative estimate of drug-likeness (QED) is 0.761. The number of hydrogen-bond acceptors (Lipinski definition) is 7. The minimum Gasteiger partial charge on any atom is -0.493 e. The van der Waals surface area contributed by atoms with E-state index in [4.69, 9.17) is 14.2 Å². The van der Waals surface area contributed by atoms with Crippen LogP contribution in [0.3, 0.4) is 0 Å². The third-order valence-corrected chi connectivity index (χ3v) is 5.26. The van der Waals surface area contributed by atoms with Gasteiger partial charge < -0.3 is 19.5 Å². The number of carbonyl (C=O) groups excluding carboxylic acids is 1. The summed E-state index contributed by atoms with van der Waals surface area (Å²) in [5.41, 5.74) is 0.940. The Kier molecular flexibility index (Phi) is 4.45. The van der Waals surface area contributed by atoms with E-state index in [1.165, 1.54) is 18.7 Å². The Morgan fingerprint density at radius 2 is 1.93 bits per heavy atom. The Morgan fingerprint density at radius 1 is 1.17 bits per heavy atom. The summed E-state index contributed by atoms with van der Waals surface area (Å²) in [5, 5.41) is 3.05. The van der Waals surface area contributed by atoms with Crippen LogP contribution >= 0.6 is 0 Å². The average Bonchev–Trinajstić information content (AvgIpc) is 3.10. The van der Waals surface area contributed by atoms with Crippen molar-refractivity contribution >= 4 is 11.8 Å². The Hall–Kier alpha value is -3.49. The number of fused-ring (bicyclic) bond motifs is 1. The molecule has 2 aliphatic rings. The fourth-order valence-electron chi connectivity index (χ4n) is 3.85. The Bertz CT molecular complexity index is 1170. The van der Waals surface area contributed by atoms with Crippen LogP contribution in [0.5, 0.6) is 11.5 Å². The van der Waals surface area contributed by atoms with E-state index in [-0.39, 0.29) is 6.61 Å². The van der Waals surface area contributed by atoms with E-state index in [1.807, 2.05) is 6.92 Å². The molecule has 0 amide bonds. The van der Waals surface area contributed by atoms with E-state index < -0.39 is 23.1 Å². The highest BCUT2D eigenvalue weighted by Gasteiger charge is 2.41. The highest BCUT2D eigenvalue weighted by Crippen LogP contribution is 2.44. The Balaban J connectivity index is 2.01. The lowest BCUT2D eigenvalue weighted by Crippen LogP contribution is -2.43. The molecule has 29 heavy (non-hydrogen) atoms. The van der Waals surface area contributed by atoms with E-state index in [1.54, 1.807) is 25.2 Å². The minimum absolute atomic E-state index is 0.0572. The third-order valence-electron chi connectivity index (χ3n) is 5.26. The van der Waals surface area contributed by atoms with E-state index in [0.29, 0.717) is 46.3 Å². The first-order valence-electron chi connectivity index (χ1n) is 9.16. The van der Waals surface area contributed by atoms with Gasteiger partial charge in [-0.05, 0) is 24.6 Å². The van der Waals surface area contributed by atoms with Crippen LogP contribution in [0.1, 0.15) is 24.0 Å². The van der Waals surface area contributed by atoms with Crippen LogP contribution in [-0.4, -0.2) is 35.4 Å². The molecule has 0 aliphatic carbocycles. The van der Waals surface area contributed by atoms with Crippen molar-refractivity contribution in [3.05, 3.63) is 61.4 Å². The number of nitrogens with one attached hydrogen (secondary N) is 1. The van der Waals surface area contributed by atoms with E-state index in [2.05, 4.69) is 5.32 Å². The van der Waals surface area contributed by atoms with Crippen molar-refractivity contribution in [3.8, 4) is 11.5 Å². The second-order valence-corrected chi connectivity index (χ2v) is 6.84. The first kappa shape index (κ1) is 18.9. The van der Waals surface area contributed by atoms with Crippen molar-refractivity contribution in [2.45, 2.75) is 12.8 Å². The van der Waals surface area contributed by atoms with Crippen LogP contribution < -0.4 is 26.0 Å². The molecule has 0 radical (unpaired) electrons. The summed E-state index contributed by atoms with van der Waals surface area (Å²) in [5.74, 6) is 0.204. The maximum absolute atomic E-state index is 13.1. The average molecular weight is 399 g/mol. The molecule has 0 saturated carbocycles. The zero-order valence-corrected chi connectivity index (χ0v) is 16.6. The van der Waals surface area contributed by atoms with Gasteiger partial charge in [-0.3, -0.25) is 13.9 Å². The molecule has 2 aromatic rings. The lowest BCUT2D eigenvalue weighted by Gasteiger charge is -2.28. The number of nitrogens with zero attached hydrogens (tertiary/aromatic N) is 2. The number of benzene rings is 1. The molecule has 1 aromatic carbocycles. The van der Waals surface area contributed by atoms with Gasteiger partial charge in [0, 0.05) is 14.1 Å². The minimum atomic E-state index is -0.702. The van der Waals surface area contributed by atoms with Gasteiger partial charge in [0.2, 0.25) is 0 Å². The van der Waals surface area contributed by atoms with Gasteiger partial charge in [0.1, 0.15) is 12.4 Å². The zero-order chi connectivity index (χ0) is 20.9. The van der Waals surface area contributed by atoms with Gasteiger partial charge in [-0.25, -0.2) is 9.59 Å². The highest BCUT2D eigenvalue weighted by atomic mass is 16.5. The monoisotopic (exact) mass is 399 g/mol. The number of aromatic nitrogens is 2. The number of esters is 1. The molecule has 3 heterocycles. The molecule has 9 heteroatoms. The molecular weight excluding hydrogens is 378 g/mol. The fraction of sp³-hybridized carbons (Fsp3) is 0.350. The van der Waals surface area contributed by atoms with Crippen molar-refractivity contribution in [2.75, 3.05) is 25.6 Å². The molecule has 2 aliphatic heterocycles. The lowest BCUT2D eigenvalue weighted by atomic mass is 9.82. The third kappa shape index (κ3) is 2.72. The molecule has 0 bridgehead atoms. The largest absolute Gasteiger partial charge is 0.493 e. The predicted molar refractivity (Wildman–Crippen MR) is 105 cm³/mol. The number of anilines is 1. The van der Waals surface area contributed by atoms with Gasteiger partial charge in [-0.1, -0.05) is 6.07 Å². The second-order valence-electron chi connectivity index (χ2n) is 6.84. The maximum Gasteiger partial charge on any atom is 0.337 e. The molecule has 4 rings (SSSR count). The summed E-state index contributed by atoms with van der Waals surface area (Å²) < 4.78 is 18.6. The van der Waals surface area contributed by atoms with Gasteiger partial charge in [0.15, 0.2) is 11.5 Å². The van der Waals surface area contributed by atoms with Gasteiger partial charge in [-0.2, -0.15) is 0 Å². The second kappa shape index (κ2) is 6.84. The maximum atomic E-state index is 13.1. The van der Waals surface area contributed by atoms with Gasteiger partial charge >= 0.3 is 11.7 Å². The van der Waals surface area contributed by atoms with Gasteiger partial charge in [0.25, 0.3) is 5.56 Å². The number of carbonyl (C=O) groups is 1. The van der Waals surface area contributed by atoms with Crippen LogP contribution in [-0.2, 0) is 23.6 Å². The number of rotatable bonds is 4. The van der Waals surface area contributed by atoms with Gasteiger partial charge in [-0.15, -0.1) is 0 Å². The first-order valence-corrected chi connectivity index (χ1v) is 9.16. The van der Waals surface area contributed by atoms with E-state index in [0.717, 1.165) is 4.57 Å². The molecule has 152 valence electrons. The van der Waals surface area contributed by atoms with Crippen molar-refractivity contribution in [1.29, 1.82) is 0 Å². The molecule has 1 unspecified atom stereocenters. The van der Waals surface area contributed by atoms with Crippen molar-refractivity contribution in [2.24, 2.45) is 14.1 Å². The van der Waals surface area contributed by atoms with E-state index in [9.17, 15) is 14.4 Å².